The third-order valence-corrected chi connectivity index (χ3v) is 4.68. The molecule has 6 nitrogen and oxygen atoms in total. The normalized spacial score (nSPS) is 11.8. The number of carboxylic acids is 1. The maximum Gasteiger partial charge on any atom is 0.416 e. The molecule has 0 aliphatic carbocycles. The first-order valence-electron chi connectivity index (χ1n) is 6.83. The first kappa shape index (κ1) is 19.9. The number of anilines is 1. The molecule has 0 unspecified atom stereocenters. The molecule has 0 saturated carbocycles. The minimum Gasteiger partial charge on any atom is -0.480 e. The number of ether oxygens (including phenoxy) is 1. The molecule has 0 aromatic heterocycles. The molecule has 0 radical (unpaired) electrons. The first-order valence-corrected chi connectivity index (χ1v) is 8.69. The molecule has 0 atom stereocenters. The fourth-order valence-corrected chi connectivity index (χ4v) is 3.25. The van der Waals surface area contributed by atoms with Crippen molar-refractivity contribution in [3.8, 4) is 5.75 Å². The smallest absolute Gasteiger partial charge is 0.416 e. The Kier molecular flexibility index (Phi) is 5.67. The predicted octanol–water partition coefficient (Wildman–Crippen LogP) is 3.62. The highest BCUT2D eigenvalue weighted by molar-refractivity contribution is 7.92. The van der Waals surface area contributed by atoms with E-state index in [0.29, 0.717) is 6.07 Å². The second-order valence-electron chi connectivity index (χ2n) is 4.96. The molecule has 0 saturated heterocycles. The van der Waals surface area contributed by atoms with Gasteiger partial charge in [0, 0.05) is 5.69 Å². The summed E-state index contributed by atoms with van der Waals surface area (Å²) in [5.41, 5.74) is -1.28. The van der Waals surface area contributed by atoms with E-state index in [9.17, 15) is 26.4 Å². The summed E-state index contributed by atoms with van der Waals surface area (Å²) in [4.78, 5) is 10.1. The molecular weight excluding hydrogens is 399 g/mol. The maximum atomic E-state index is 12.7. The van der Waals surface area contributed by atoms with Crippen molar-refractivity contribution in [2.24, 2.45) is 0 Å². The second kappa shape index (κ2) is 7.42. The third kappa shape index (κ3) is 5.02. The van der Waals surface area contributed by atoms with E-state index in [1.165, 1.54) is 6.07 Å². The van der Waals surface area contributed by atoms with Crippen LogP contribution < -0.4 is 9.46 Å². The van der Waals surface area contributed by atoms with Gasteiger partial charge in [0.25, 0.3) is 10.0 Å². The second-order valence-corrected chi connectivity index (χ2v) is 7.05. The first-order chi connectivity index (χ1) is 12.0. The molecule has 0 heterocycles. The Morgan fingerprint density at radius 2 is 1.88 bits per heavy atom. The van der Waals surface area contributed by atoms with Gasteiger partial charge in [-0.1, -0.05) is 17.7 Å². The molecule has 11 heteroatoms. The number of sulfonamides is 1. The lowest BCUT2D eigenvalue weighted by Gasteiger charge is -2.12. The Morgan fingerprint density at radius 1 is 1.19 bits per heavy atom. The van der Waals surface area contributed by atoms with E-state index >= 15 is 0 Å². The molecule has 2 rings (SSSR count). The van der Waals surface area contributed by atoms with Crippen molar-refractivity contribution in [2.75, 3.05) is 11.3 Å². The summed E-state index contributed by atoms with van der Waals surface area (Å²) >= 11 is 5.85. The molecule has 2 aromatic rings. The van der Waals surface area contributed by atoms with E-state index in [1.807, 2.05) is 4.72 Å². The molecule has 2 aromatic carbocycles. The van der Waals surface area contributed by atoms with E-state index in [1.54, 1.807) is 0 Å². The van der Waals surface area contributed by atoms with Crippen molar-refractivity contribution in [2.45, 2.75) is 11.1 Å². The number of nitrogens with one attached hydrogen (secondary N) is 1. The molecule has 0 spiro atoms. The van der Waals surface area contributed by atoms with E-state index in [-0.39, 0.29) is 21.4 Å². The third-order valence-electron chi connectivity index (χ3n) is 3.01. The highest BCUT2D eigenvalue weighted by atomic mass is 35.5. The van der Waals surface area contributed by atoms with Crippen LogP contribution in [0.5, 0.6) is 5.75 Å². The number of halogens is 4. The molecule has 26 heavy (non-hydrogen) atoms. The highest BCUT2D eigenvalue weighted by Gasteiger charge is 2.30. The Hall–Kier alpha value is -2.46. The van der Waals surface area contributed by atoms with E-state index in [4.69, 9.17) is 21.4 Å². The lowest BCUT2D eigenvalue weighted by molar-refractivity contribution is -0.139. The van der Waals surface area contributed by atoms with E-state index < -0.39 is 34.3 Å². The fourth-order valence-electron chi connectivity index (χ4n) is 1.88. The van der Waals surface area contributed by atoms with Crippen LogP contribution in [0.2, 0.25) is 5.02 Å². The minimum absolute atomic E-state index is 0.0490. The zero-order chi connectivity index (χ0) is 19.5. The molecule has 2 N–H and O–H groups in total. The molecule has 140 valence electrons. The van der Waals surface area contributed by atoms with Crippen LogP contribution in [0.4, 0.5) is 18.9 Å². The number of carboxylic acid groups (broad SMARTS) is 1. The quantitative estimate of drug-likeness (QED) is 0.760. The number of benzene rings is 2. The van der Waals surface area contributed by atoms with Gasteiger partial charge < -0.3 is 9.84 Å². The summed E-state index contributed by atoms with van der Waals surface area (Å²) in [6.07, 6.45) is -4.62. The van der Waals surface area contributed by atoms with Gasteiger partial charge in [0.2, 0.25) is 0 Å². The number of hydrogen-bond donors (Lipinski definition) is 2. The maximum absolute atomic E-state index is 12.7. The van der Waals surface area contributed by atoms with Gasteiger partial charge in [-0.15, -0.1) is 0 Å². The molecule has 0 aliphatic heterocycles. The summed E-state index contributed by atoms with van der Waals surface area (Å²) in [6, 6.07) is 6.92. The lowest BCUT2D eigenvalue weighted by atomic mass is 10.2. The fraction of sp³-hybridized carbons (Fsp3) is 0.133. The number of hydrogen-bond acceptors (Lipinski definition) is 4. The van der Waals surface area contributed by atoms with Crippen LogP contribution in [0.25, 0.3) is 0 Å². The van der Waals surface area contributed by atoms with Gasteiger partial charge >= 0.3 is 12.1 Å². The van der Waals surface area contributed by atoms with Crippen LogP contribution in [0, 0.1) is 0 Å². The number of aliphatic carboxylic acids is 1. The van der Waals surface area contributed by atoms with Crippen molar-refractivity contribution >= 4 is 33.3 Å². The molecule has 0 aliphatic rings. The summed E-state index contributed by atoms with van der Waals surface area (Å²) in [7, 11) is -4.22. The lowest BCUT2D eigenvalue weighted by Crippen LogP contribution is -2.14. The summed E-state index contributed by atoms with van der Waals surface area (Å²) in [5, 5.41) is 8.37. The van der Waals surface area contributed by atoms with Crippen molar-refractivity contribution in [3.05, 3.63) is 53.1 Å². The predicted molar refractivity (Wildman–Crippen MR) is 86.8 cm³/mol. The summed E-state index contributed by atoms with van der Waals surface area (Å²) in [5.74, 6) is -1.30. The summed E-state index contributed by atoms with van der Waals surface area (Å²) < 4.78 is 69.6. The Bertz CT molecular complexity index is 931. The van der Waals surface area contributed by atoms with Gasteiger partial charge in [-0.2, -0.15) is 13.2 Å². The van der Waals surface area contributed by atoms with Crippen molar-refractivity contribution in [1.29, 1.82) is 0 Å². The van der Waals surface area contributed by atoms with Gasteiger partial charge in [-0.05, 0) is 36.4 Å². The SMILES string of the molecule is O=C(O)COc1ccc(S(=O)(=O)Nc2cccc(C(F)(F)F)c2)cc1Cl. The number of alkyl halides is 3. The Balaban J connectivity index is 2.25. The molecular formula is C15H11ClF3NO5S. The van der Waals surface area contributed by atoms with Gasteiger partial charge in [0.15, 0.2) is 6.61 Å². The Morgan fingerprint density at radius 3 is 2.46 bits per heavy atom. The zero-order valence-electron chi connectivity index (χ0n) is 12.7. The highest BCUT2D eigenvalue weighted by Crippen LogP contribution is 2.32. The van der Waals surface area contributed by atoms with Crippen LogP contribution in [-0.4, -0.2) is 26.1 Å². The standard InChI is InChI=1S/C15H11ClF3NO5S/c16-12-7-11(4-5-13(12)25-8-14(21)22)26(23,24)20-10-3-1-2-9(6-10)15(17,18)19/h1-7,20H,8H2,(H,21,22). The van der Waals surface area contributed by atoms with Gasteiger partial charge in [0.05, 0.1) is 15.5 Å². The average Bonchev–Trinajstić information content (AvgIpc) is 2.52. The van der Waals surface area contributed by atoms with Gasteiger partial charge in [-0.3, -0.25) is 4.72 Å². The van der Waals surface area contributed by atoms with Crippen LogP contribution >= 0.6 is 11.6 Å². The Labute approximate surface area is 151 Å². The minimum atomic E-state index is -4.62. The topological polar surface area (TPSA) is 92.7 Å². The largest absolute Gasteiger partial charge is 0.480 e. The average molecular weight is 410 g/mol. The van der Waals surface area contributed by atoms with Crippen LogP contribution in [0.3, 0.4) is 0 Å². The van der Waals surface area contributed by atoms with Crippen LogP contribution in [0.15, 0.2) is 47.4 Å². The number of rotatable bonds is 6. The molecule has 0 fully saturated rings. The van der Waals surface area contributed by atoms with Crippen LogP contribution in [0.1, 0.15) is 5.56 Å². The van der Waals surface area contributed by atoms with Crippen molar-refractivity contribution in [1.82, 2.24) is 0 Å². The van der Waals surface area contributed by atoms with E-state index in [2.05, 4.69) is 0 Å². The molecule has 0 bridgehead atoms. The number of carbonyl (C=O) groups is 1. The monoisotopic (exact) mass is 409 g/mol. The van der Waals surface area contributed by atoms with Gasteiger partial charge in [0.1, 0.15) is 5.75 Å². The van der Waals surface area contributed by atoms with Crippen molar-refractivity contribution < 1.29 is 36.2 Å². The van der Waals surface area contributed by atoms with Crippen LogP contribution in [-0.2, 0) is 21.0 Å². The van der Waals surface area contributed by atoms with Crippen molar-refractivity contribution in [3.63, 3.8) is 0 Å². The van der Waals surface area contributed by atoms with E-state index in [0.717, 1.165) is 30.3 Å². The molecule has 0 amide bonds. The van der Waals surface area contributed by atoms with Gasteiger partial charge in [-0.25, -0.2) is 13.2 Å². The zero-order valence-corrected chi connectivity index (χ0v) is 14.3. The summed E-state index contributed by atoms with van der Waals surface area (Å²) in [6.45, 7) is -0.672.